The summed E-state index contributed by atoms with van der Waals surface area (Å²) in [5, 5.41) is 2.52. The minimum absolute atomic E-state index is 0.00189. The zero-order valence-corrected chi connectivity index (χ0v) is 10.9. The molecule has 0 bridgehead atoms. The van der Waals surface area contributed by atoms with Crippen molar-refractivity contribution in [2.24, 2.45) is 0 Å². The van der Waals surface area contributed by atoms with E-state index in [0.29, 0.717) is 6.42 Å². The molecule has 1 amide bonds. The van der Waals surface area contributed by atoms with Gasteiger partial charge in [0.15, 0.2) is 0 Å². The topological polar surface area (TPSA) is 83.8 Å². The number of H-pyrrole nitrogens is 1. The number of imidazole rings is 1. The van der Waals surface area contributed by atoms with Gasteiger partial charge in [0.25, 0.3) is 5.91 Å². The molecule has 0 aliphatic carbocycles. The summed E-state index contributed by atoms with van der Waals surface area (Å²) in [4.78, 5) is 18.6. The van der Waals surface area contributed by atoms with Gasteiger partial charge in [0.1, 0.15) is 0 Å². The van der Waals surface area contributed by atoms with Gasteiger partial charge in [-0.15, -0.1) is 0 Å². The Bertz CT molecular complexity index is 623. The zero-order chi connectivity index (χ0) is 15.5. The molecule has 1 heterocycles. The van der Waals surface area contributed by atoms with Gasteiger partial charge in [-0.3, -0.25) is 4.79 Å². The minimum Gasteiger partial charge on any atom is -0.398 e. The monoisotopic (exact) mass is 298 g/mol. The number of carbonyl (C=O) groups is 1. The minimum atomic E-state index is -4.52. The Balaban J connectivity index is 2.04. The quantitative estimate of drug-likeness (QED) is 0.755. The average Bonchev–Trinajstić information content (AvgIpc) is 2.91. The molecule has 5 nitrogen and oxygen atoms in total. The predicted octanol–water partition coefficient (Wildman–Crippen LogP) is 1.98. The number of nitrogens with one attached hydrogen (secondary N) is 2. The maximum absolute atomic E-state index is 12.6. The van der Waals surface area contributed by atoms with Crippen molar-refractivity contribution in [2.45, 2.75) is 12.6 Å². The van der Waals surface area contributed by atoms with Gasteiger partial charge in [-0.25, -0.2) is 4.98 Å². The van der Waals surface area contributed by atoms with Crippen LogP contribution in [0.1, 0.15) is 21.6 Å². The van der Waals surface area contributed by atoms with Gasteiger partial charge < -0.3 is 16.0 Å². The first-order valence-corrected chi connectivity index (χ1v) is 6.10. The fourth-order valence-corrected chi connectivity index (χ4v) is 1.76. The van der Waals surface area contributed by atoms with E-state index < -0.39 is 17.6 Å². The number of anilines is 1. The number of alkyl halides is 3. The highest BCUT2D eigenvalue weighted by molar-refractivity contribution is 5.99. The predicted molar refractivity (Wildman–Crippen MR) is 70.5 cm³/mol. The van der Waals surface area contributed by atoms with Crippen LogP contribution < -0.4 is 11.1 Å². The summed E-state index contributed by atoms with van der Waals surface area (Å²) in [5.41, 5.74) is 5.28. The summed E-state index contributed by atoms with van der Waals surface area (Å²) in [6, 6.07) is 2.67. The molecule has 0 saturated carbocycles. The summed E-state index contributed by atoms with van der Waals surface area (Å²) in [5.74, 6) is -0.641. The Hall–Kier alpha value is -2.51. The second-order valence-corrected chi connectivity index (χ2v) is 4.38. The summed E-state index contributed by atoms with van der Waals surface area (Å²) < 4.78 is 37.9. The number of nitrogens with zero attached hydrogens (tertiary/aromatic N) is 1. The van der Waals surface area contributed by atoms with Crippen LogP contribution in [0.25, 0.3) is 0 Å². The van der Waals surface area contributed by atoms with Crippen molar-refractivity contribution in [1.82, 2.24) is 15.3 Å². The van der Waals surface area contributed by atoms with Crippen LogP contribution in [0.4, 0.5) is 18.9 Å². The highest BCUT2D eigenvalue weighted by Gasteiger charge is 2.31. The van der Waals surface area contributed by atoms with E-state index in [0.717, 1.165) is 23.9 Å². The first-order chi connectivity index (χ1) is 9.88. The highest BCUT2D eigenvalue weighted by atomic mass is 19.4. The van der Waals surface area contributed by atoms with Gasteiger partial charge in [-0.1, -0.05) is 0 Å². The van der Waals surface area contributed by atoms with E-state index >= 15 is 0 Å². The Kier molecular flexibility index (Phi) is 4.15. The number of nitrogen functional groups attached to an aromatic ring is 1. The van der Waals surface area contributed by atoms with Crippen molar-refractivity contribution in [1.29, 1.82) is 0 Å². The van der Waals surface area contributed by atoms with E-state index in [1.54, 1.807) is 6.20 Å². The Morgan fingerprint density at radius 2 is 2.14 bits per heavy atom. The largest absolute Gasteiger partial charge is 0.416 e. The van der Waals surface area contributed by atoms with E-state index in [4.69, 9.17) is 5.73 Å². The maximum atomic E-state index is 12.6. The molecule has 21 heavy (non-hydrogen) atoms. The van der Waals surface area contributed by atoms with Crippen molar-refractivity contribution in [2.75, 3.05) is 12.3 Å². The standard InChI is InChI=1S/C13H13F3N4O/c14-13(15,16)8-1-2-11(17)10(5-8)12(21)19-4-3-9-6-18-7-20-9/h1-2,5-7H,3-4,17H2,(H,18,20)(H,19,21). The fourth-order valence-electron chi connectivity index (χ4n) is 1.76. The summed E-state index contributed by atoms with van der Waals surface area (Å²) in [7, 11) is 0. The third-order valence-corrected chi connectivity index (χ3v) is 2.86. The maximum Gasteiger partial charge on any atom is 0.416 e. The van der Waals surface area contributed by atoms with Crippen molar-refractivity contribution in [3.8, 4) is 0 Å². The normalized spacial score (nSPS) is 11.4. The van der Waals surface area contributed by atoms with Crippen LogP contribution >= 0.6 is 0 Å². The molecule has 8 heteroatoms. The molecular formula is C13H13F3N4O. The lowest BCUT2D eigenvalue weighted by Gasteiger charge is -2.11. The van der Waals surface area contributed by atoms with Crippen molar-refractivity contribution in [3.63, 3.8) is 0 Å². The average molecular weight is 298 g/mol. The number of rotatable bonds is 4. The number of nitrogens with two attached hydrogens (primary N) is 1. The lowest BCUT2D eigenvalue weighted by molar-refractivity contribution is -0.137. The Morgan fingerprint density at radius 3 is 2.76 bits per heavy atom. The lowest BCUT2D eigenvalue weighted by atomic mass is 10.1. The molecule has 112 valence electrons. The summed E-state index contributed by atoms with van der Waals surface area (Å²) in [6.45, 7) is 0.261. The first kappa shape index (κ1) is 14.9. The molecule has 2 rings (SSSR count). The van der Waals surface area contributed by atoms with E-state index in [-0.39, 0.29) is 17.8 Å². The number of benzene rings is 1. The second kappa shape index (κ2) is 5.86. The third kappa shape index (κ3) is 3.74. The molecule has 2 aromatic rings. The molecule has 1 aromatic carbocycles. The molecule has 0 aliphatic heterocycles. The van der Waals surface area contributed by atoms with Gasteiger partial charge in [-0.2, -0.15) is 13.2 Å². The van der Waals surface area contributed by atoms with Gasteiger partial charge >= 0.3 is 6.18 Å². The molecule has 4 N–H and O–H groups in total. The zero-order valence-electron chi connectivity index (χ0n) is 10.9. The van der Waals surface area contributed by atoms with Crippen molar-refractivity contribution < 1.29 is 18.0 Å². The molecule has 0 unspecified atom stereocenters. The van der Waals surface area contributed by atoms with Gasteiger partial charge in [0, 0.05) is 30.5 Å². The second-order valence-electron chi connectivity index (χ2n) is 4.38. The van der Waals surface area contributed by atoms with Gasteiger partial charge in [0.2, 0.25) is 0 Å². The smallest absolute Gasteiger partial charge is 0.398 e. The molecule has 0 fully saturated rings. The molecule has 0 atom stereocenters. The van der Waals surface area contributed by atoms with Gasteiger partial charge in [-0.05, 0) is 18.2 Å². The molecule has 0 spiro atoms. The third-order valence-electron chi connectivity index (χ3n) is 2.86. The number of hydrogen-bond acceptors (Lipinski definition) is 3. The summed E-state index contributed by atoms with van der Waals surface area (Å²) in [6.07, 6.45) is -0.921. The number of hydrogen-bond donors (Lipinski definition) is 3. The Labute approximate surface area is 118 Å². The lowest BCUT2D eigenvalue weighted by Crippen LogP contribution is -2.27. The number of halogens is 3. The molecule has 1 aromatic heterocycles. The first-order valence-electron chi connectivity index (χ1n) is 6.10. The molecule has 0 saturated heterocycles. The number of aromatic amines is 1. The summed E-state index contributed by atoms with van der Waals surface area (Å²) >= 11 is 0. The van der Waals surface area contributed by atoms with Crippen molar-refractivity contribution >= 4 is 11.6 Å². The van der Waals surface area contributed by atoms with Crippen LogP contribution in [0.3, 0.4) is 0 Å². The van der Waals surface area contributed by atoms with Crippen molar-refractivity contribution in [3.05, 3.63) is 47.5 Å². The highest BCUT2D eigenvalue weighted by Crippen LogP contribution is 2.31. The number of carbonyl (C=O) groups excluding carboxylic acids is 1. The molecule has 0 aliphatic rings. The van der Waals surface area contributed by atoms with E-state index in [1.807, 2.05) is 0 Å². The van der Waals surface area contributed by atoms with E-state index in [1.165, 1.54) is 6.33 Å². The van der Waals surface area contributed by atoms with Crippen LogP contribution in [-0.2, 0) is 12.6 Å². The molecule has 0 radical (unpaired) electrons. The van der Waals surface area contributed by atoms with Crippen LogP contribution in [0.15, 0.2) is 30.7 Å². The SMILES string of the molecule is Nc1ccc(C(F)(F)F)cc1C(=O)NCCc1cnc[nH]1. The van der Waals surface area contributed by atoms with Crippen LogP contribution in [-0.4, -0.2) is 22.4 Å². The van der Waals surface area contributed by atoms with E-state index in [2.05, 4.69) is 15.3 Å². The Morgan fingerprint density at radius 1 is 1.38 bits per heavy atom. The van der Waals surface area contributed by atoms with Crippen LogP contribution in [0, 0.1) is 0 Å². The van der Waals surface area contributed by atoms with E-state index in [9.17, 15) is 18.0 Å². The van der Waals surface area contributed by atoms with Crippen LogP contribution in [0.2, 0.25) is 0 Å². The molecular weight excluding hydrogens is 285 g/mol. The number of amides is 1. The number of aromatic nitrogens is 2. The van der Waals surface area contributed by atoms with Gasteiger partial charge in [0.05, 0.1) is 17.5 Å². The van der Waals surface area contributed by atoms with Crippen LogP contribution in [0.5, 0.6) is 0 Å². The fraction of sp³-hybridized carbons (Fsp3) is 0.231.